The number of amides is 1. The van der Waals surface area contributed by atoms with Crippen molar-refractivity contribution in [3.8, 4) is 0 Å². The number of halogens is 1. The Bertz CT molecular complexity index is 1150. The molecule has 27 heavy (non-hydrogen) atoms. The molecule has 0 saturated heterocycles. The maximum absolute atomic E-state index is 13.1. The van der Waals surface area contributed by atoms with E-state index in [0.29, 0.717) is 18.0 Å². The van der Waals surface area contributed by atoms with Gasteiger partial charge in [-0.1, -0.05) is 35.9 Å². The lowest BCUT2D eigenvalue weighted by Gasteiger charge is -2.25. The van der Waals surface area contributed by atoms with Crippen molar-refractivity contribution >= 4 is 28.5 Å². The zero-order chi connectivity index (χ0) is 18.4. The molecule has 7 nitrogen and oxygen atoms in total. The Morgan fingerprint density at radius 3 is 2.81 bits per heavy atom. The first-order valence-electron chi connectivity index (χ1n) is 8.58. The van der Waals surface area contributed by atoms with Gasteiger partial charge in [-0.2, -0.15) is 20.5 Å². The van der Waals surface area contributed by atoms with Crippen LogP contribution < -0.4 is 0 Å². The molecule has 0 spiro atoms. The second-order valence-electron chi connectivity index (χ2n) is 6.58. The molecular formula is C19H15ClN6O. The quantitative estimate of drug-likeness (QED) is 0.570. The van der Waals surface area contributed by atoms with Crippen molar-refractivity contribution in [2.75, 3.05) is 0 Å². The van der Waals surface area contributed by atoms with Gasteiger partial charge in [0, 0.05) is 18.5 Å². The van der Waals surface area contributed by atoms with E-state index in [4.69, 9.17) is 11.6 Å². The fourth-order valence-corrected chi connectivity index (χ4v) is 3.83. The van der Waals surface area contributed by atoms with Crippen LogP contribution >= 0.6 is 11.6 Å². The van der Waals surface area contributed by atoms with Crippen LogP contribution in [0.2, 0.25) is 5.02 Å². The minimum Gasteiger partial charge on any atom is -0.327 e. The molecule has 134 valence electrons. The topological polar surface area (TPSA) is 90.6 Å². The summed E-state index contributed by atoms with van der Waals surface area (Å²) in [5, 5.41) is 18.3. The highest BCUT2D eigenvalue weighted by Crippen LogP contribution is 2.37. The Labute approximate surface area is 159 Å². The molecule has 4 aromatic rings. The lowest BCUT2D eigenvalue weighted by molar-refractivity contribution is 0.0708. The fraction of sp³-hybridized carbons (Fsp3) is 0.158. The number of nitrogens with zero attached hydrogens (tertiary/aromatic N) is 4. The lowest BCUT2D eigenvalue weighted by Crippen LogP contribution is -2.29. The minimum absolute atomic E-state index is 0.0199. The number of carbonyl (C=O) groups is 1. The van der Waals surface area contributed by atoms with Gasteiger partial charge in [0.25, 0.3) is 5.91 Å². The van der Waals surface area contributed by atoms with E-state index >= 15 is 0 Å². The van der Waals surface area contributed by atoms with Gasteiger partial charge in [0.05, 0.1) is 23.0 Å². The number of hydrogen-bond donors (Lipinski definition) is 2. The molecule has 0 bridgehead atoms. The number of hydrogen-bond acceptors (Lipinski definition) is 4. The van der Waals surface area contributed by atoms with Crippen LogP contribution in [0, 0.1) is 0 Å². The van der Waals surface area contributed by atoms with Crippen molar-refractivity contribution in [3.05, 3.63) is 76.1 Å². The number of aromatic nitrogens is 5. The van der Waals surface area contributed by atoms with Gasteiger partial charge in [-0.3, -0.25) is 9.89 Å². The summed E-state index contributed by atoms with van der Waals surface area (Å²) in [6.07, 6.45) is 2.16. The molecule has 8 heteroatoms. The predicted molar refractivity (Wildman–Crippen MR) is 100 cm³/mol. The van der Waals surface area contributed by atoms with Gasteiger partial charge < -0.3 is 4.90 Å². The van der Waals surface area contributed by atoms with Crippen LogP contribution in [0.5, 0.6) is 0 Å². The average Bonchev–Trinajstić information content (AvgIpc) is 3.37. The van der Waals surface area contributed by atoms with Crippen LogP contribution in [-0.4, -0.2) is 36.4 Å². The van der Waals surface area contributed by atoms with Crippen LogP contribution in [0.4, 0.5) is 0 Å². The molecule has 3 heterocycles. The van der Waals surface area contributed by atoms with E-state index in [0.717, 1.165) is 33.4 Å². The predicted octanol–water partition coefficient (Wildman–Crippen LogP) is 3.27. The highest BCUT2D eigenvalue weighted by Gasteiger charge is 2.37. The van der Waals surface area contributed by atoms with Crippen molar-refractivity contribution in [1.29, 1.82) is 0 Å². The van der Waals surface area contributed by atoms with Crippen molar-refractivity contribution in [3.63, 3.8) is 0 Å². The average molecular weight is 379 g/mol. The van der Waals surface area contributed by atoms with E-state index in [9.17, 15) is 4.79 Å². The van der Waals surface area contributed by atoms with Gasteiger partial charge in [0.15, 0.2) is 0 Å². The van der Waals surface area contributed by atoms with Crippen LogP contribution in [0.25, 0.3) is 11.0 Å². The van der Waals surface area contributed by atoms with Crippen LogP contribution in [-0.2, 0) is 13.0 Å². The molecular weight excluding hydrogens is 364 g/mol. The first kappa shape index (κ1) is 16.0. The summed E-state index contributed by atoms with van der Waals surface area (Å²) in [6, 6.07) is 13.4. The third-order valence-electron chi connectivity index (χ3n) is 4.98. The Kier molecular flexibility index (Phi) is 3.68. The largest absolute Gasteiger partial charge is 0.327 e. The van der Waals surface area contributed by atoms with E-state index in [-0.39, 0.29) is 11.9 Å². The summed E-state index contributed by atoms with van der Waals surface area (Å²) in [7, 11) is 0. The SMILES string of the molecule is O=C1c2ccccc2C(Cc2[nH]ncc2Cl)N1Cc1ccc2n[nH]nc2c1. The van der Waals surface area contributed by atoms with Crippen LogP contribution in [0.1, 0.15) is 33.2 Å². The van der Waals surface area contributed by atoms with Gasteiger partial charge in [0.2, 0.25) is 0 Å². The van der Waals surface area contributed by atoms with E-state index in [1.54, 1.807) is 6.20 Å². The molecule has 2 aromatic carbocycles. The normalized spacial score (nSPS) is 16.3. The number of carbonyl (C=O) groups excluding carboxylic acids is 1. The summed E-state index contributed by atoms with van der Waals surface area (Å²) in [5.41, 5.74) is 5.15. The van der Waals surface area contributed by atoms with Crippen LogP contribution in [0.3, 0.4) is 0 Å². The van der Waals surface area contributed by atoms with Gasteiger partial charge in [-0.05, 0) is 29.3 Å². The lowest BCUT2D eigenvalue weighted by atomic mass is 10.0. The summed E-state index contributed by atoms with van der Waals surface area (Å²) in [6.45, 7) is 0.479. The van der Waals surface area contributed by atoms with Crippen molar-refractivity contribution in [2.24, 2.45) is 0 Å². The van der Waals surface area contributed by atoms with Gasteiger partial charge in [-0.15, -0.1) is 0 Å². The third-order valence-corrected chi connectivity index (χ3v) is 5.31. The standard InChI is InChI=1S/C19H15ClN6O/c20-14-9-21-22-16(14)8-18-12-3-1-2-4-13(12)19(27)26(18)10-11-5-6-15-17(7-11)24-25-23-15/h1-7,9,18H,8,10H2,(H,21,22)(H,23,24,25). The number of fused-ring (bicyclic) bond motifs is 2. The molecule has 1 aliphatic heterocycles. The molecule has 1 atom stereocenters. The van der Waals surface area contributed by atoms with Crippen molar-refractivity contribution in [1.82, 2.24) is 30.5 Å². The number of H-pyrrole nitrogens is 2. The van der Waals surface area contributed by atoms with Gasteiger partial charge in [0.1, 0.15) is 11.0 Å². The number of aromatic amines is 2. The summed E-state index contributed by atoms with van der Waals surface area (Å²) < 4.78 is 0. The molecule has 2 N–H and O–H groups in total. The Balaban J connectivity index is 1.52. The van der Waals surface area contributed by atoms with E-state index in [1.165, 1.54) is 0 Å². The molecule has 1 unspecified atom stereocenters. The smallest absolute Gasteiger partial charge is 0.255 e. The van der Waals surface area contributed by atoms with Crippen LogP contribution in [0.15, 0.2) is 48.7 Å². The number of benzene rings is 2. The molecule has 0 radical (unpaired) electrons. The molecule has 2 aromatic heterocycles. The molecule has 5 rings (SSSR count). The van der Waals surface area contributed by atoms with Crippen molar-refractivity contribution in [2.45, 2.75) is 19.0 Å². The second-order valence-corrected chi connectivity index (χ2v) is 6.99. The Morgan fingerprint density at radius 1 is 1.11 bits per heavy atom. The monoisotopic (exact) mass is 378 g/mol. The van der Waals surface area contributed by atoms with Crippen molar-refractivity contribution < 1.29 is 4.79 Å². The highest BCUT2D eigenvalue weighted by atomic mass is 35.5. The molecule has 0 aliphatic carbocycles. The zero-order valence-electron chi connectivity index (χ0n) is 14.2. The maximum Gasteiger partial charge on any atom is 0.255 e. The molecule has 1 aliphatic rings. The third kappa shape index (κ3) is 2.67. The molecule has 1 amide bonds. The van der Waals surface area contributed by atoms with E-state index < -0.39 is 0 Å². The summed E-state index contributed by atoms with van der Waals surface area (Å²) >= 11 is 6.23. The van der Waals surface area contributed by atoms with Gasteiger partial charge >= 0.3 is 0 Å². The highest BCUT2D eigenvalue weighted by molar-refractivity contribution is 6.31. The maximum atomic E-state index is 13.1. The molecule has 0 saturated carbocycles. The Morgan fingerprint density at radius 2 is 1.96 bits per heavy atom. The Hall–Kier alpha value is -3.19. The number of rotatable bonds is 4. The van der Waals surface area contributed by atoms with E-state index in [2.05, 4.69) is 25.6 Å². The second kappa shape index (κ2) is 6.21. The van der Waals surface area contributed by atoms with E-state index in [1.807, 2.05) is 47.4 Å². The first-order valence-corrected chi connectivity index (χ1v) is 8.95. The number of nitrogens with one attached hydrogen (secondary N) is 2. The zero-order valence-corrected chi connectivity index (χ0v) is 14.9. The summed E-state index contributed by atoms with van der Waals surface area (Å²) in [4.78, 5) is 14.9. The van der Waals surface area contributed by atoms with Gasteiger partial charge in [-0.25, -0.2) is 0 Å². The first-order chi connectivity index (χ1) is 13.2. The summed E-state index contributed by atoms with van der Waals surface area (Å²) in [5.74, 6) is 0.0199. The minimum atomic E-state index is -0.111. The molecule has 0 fully saturated rings. The fourth-order valence-electron chi connectivity index (χ4n) is 3.66.